The topological polar surface area (TPSA) is 75.3 Å². The monoisotopic (exact) mass is 378 g/mol. The molecule has 0 fully saturated rings. The highest BCUT2D eigenvalue weighted by molar-refractivity contribution is 7.89. The molecule has 2 aromatic carbocycles. The molecule has 0 saturated heterocycles. The molecule has 0 aliphatic heterocycles. The first-order valence-corrected chi connectivity index (χ1v) is 9.39. The van der Waals surface area contributed by atoms with E-state index < -0.39 is 15.9 Å². The van der Waals surface area contributed by atoms with Crippen LogP contribution >= 0.6 is 11.6 Å². The Bertz CT molecular complexity index is 924. The predicted molar refractivity (Wildman–Crippen MR) is 101 cm³/mol. The lowest BCUT2D eigenvalue weighted by Gasteiger charge is -2.11. The summed E-state index contributed by atoms with van der Waals surface area (Å²) in [7, 11) is -3.83. The van der Waals surface area contributed by atoms with Crippen molar-refractivity contribution < 1.29 is 13.2 Å². The molecule has 0 spiro atoms. The van der Waals surface area contributed by atoms with Crippen molar-refractivity contribution in [2.24, 2.45) is 0 Å². The molecule has 0 aromatic heterocycles. The summed E-state index contributed by atoms with van der Waals surface area (Å²) in [5, 5.41) is 2.80. The second-order valence-corrected chi connectivity index (χ2v) is 7.68. The third-order valence-corrected chi connectivity index (χ3v) is 5.57. The lowest BCUT2D eigenvalue weighted by Crippen LogP contribution is -2.24. The zero-order valence-electron chi connectivity index (χ0n) is 14.0. The molecule has 0 atom stereocenters. The summed E-state index contributed by atoms with van der Waals surface area (Å²) in [5.74, 6) is -0.417. The third-order valence-electron chi connectivity index (χ3n) is 3.67. The Labute approximate surface area is 152 Å². The van der Waals surface area contributed by atoms with Crippen LogP contribution in [0.3, 0.4) is 0 Å². The minimum atomic E-state index is -3.83. The number of nitrogens with one attached hydrogen (secondary N) is 2. The van der Waals surface area contributed by atoms with Crippen LogP contribution in [0.4, 0.5) is 5.69 Å². The maximum Gasteiger partial charge on any atom is 0.255 e. The lowest BCUT2D eigenvalue weighted by atomic mass is 10.1. The molecule has 132 valence electrons. The average Bonchev–Trinajstić information content (AvgIpc) is 2.56. The number of carbonyl (C=O) groups is 1. The van der Waals surface area contributed by atoms with E-state index in [9.17, 15) is 13.2 Å². The van der Waals surface area contributed by atoms with Crippen LogP contribution < -0.4 is 10.0 Å². The van der Waals surface area contributed by atoms with Gasteiger partial charge in [0.2, 0.25) is 10.0 Å². The van der Waals surface area contributed by atoms with Gasteiger partial charge in [0.05, 0.1) is 5.02 Å². The van der Waals surface area contributed by atoms with E-state index in [0.717, 1.165) is 11.1 Å². The van der Waals surface area contributed by atoms with Gasteiger partial charge in [-0.25, -0.2) is 13.1 Å². The van der Waals surface area contributed by atoms with E-state index in [1.807, 2.05) is 26.0 Å². The van der Waals surface area contributed by atoms with Gasteiger partial charge in [-0.2, -0.15) is 0 Å². The maximum absolute atomic E-state index is 12.4. The van der Waals surface area contributed by atoms with Gasteiger partial charge in [-0.1, -0.05) is 23.7 Å². The standard InChI is InChI=1S/C18H19ClN2O3S/c1-4-9-20-25(23,24)17-11-14(6-8-16(17)19)18(22)21-15-7-5-12(2)13(3)10-15/h4-8,10-11,20H,1,9H2,2-3H3,(H,21,22). The Morgan fingerprint density at radius 2 is 1.88 bits per heavy atom. The molecule has 0 unspecified atom stereocenters. The van der Waals surface area contributed by atoms with Crippen molar-refractivity contribution in [1.82, 2.24) is 4.72 Å². The number of hydrogen-bond donors (Lipinski definition) is 2. The SMILES string of the molecule is C=CCNS(=O)(=O)c1cc(C(=O)Nc2ccc(C)c(C)c2)ccc1Cl. The first-order valence-electron chi connectivity index (χ1n) is 7.53. The fourth-order valence-corrected chi connectivity index (χ4v) is 3.64. The summed E-state index contributed by atoms with van der Waals surface area (Å²) in [6.45, 7) is 7.46. The van der Waals surface area contributed by atoms with Crippen molar-refractivity contribution in [3.05, 3.63) is 70.8 Å². The molecular weight excluding hydrogens is 360 g/mol. The molecule has 0 heterocycles. The molecule has 1 amide bonds. The van der Waals surface area contributed by atoms with Crippen LogP contribution in [0.25, 0.3) is 0 Å². The normalized spacial score (nSPS) is 11.2. The Hall–Kier alpha value is -2.15. The van der Waals surface area contributed by atoms with Gasteiger partial charge in [-0.05, 0) is 55.3 Å². The minimum Gasteiger partial charge on any atom is -0.322 e. The first-order chi connectivity index (χ1) is 11.7. The Morgan fingerprint density at radius 1 is 1.16 bits per heavy atom. The van der Waals surface area contributed by atoms with Crippen LogP contribution in [0.2, 0.25) is 5.02 Å². The number of sulfonamides is 1. The molecule has 25 heavy (non-hydrogen) atoms. The third kappa shape index (κ3) is 4.69. The summed E-state index contributed by atoms with van der Waals surface area (Å²) in [6, 6.07) is 9.67. The molecule has 0 bridgehead atoms. The van der Waals surface area contributed by atoms with Crippen molar-refractivity contribution >= 4 is 33.2 Å². The number of hydrogen-bond acceptors (Lipinski definition) is 3. The average molecular weight is 379 g/mol. The molecule has 0 radical (unpaired) electrons. The Morgan fingerprint density at radius 3 is 2.52 bits per heavy atom. The summed E-state index contributed by atoms with van der Waals surface area (Å²) in [6.07, 6.45) is 1.42. The molecular formula is C18H19ClN2O3S. The molecule has 0 aliphatic rings. The van der Waals surface area contributed by atoms with Gasteiger partial charge in [0, 0.05) is 17.8 Å². The Kier molecular flexibility index (Phi) is 6.00. The second-order valence-electron chi connectivity index (χ2n) is 5.54. The zero-order chi connectivity index (χ0) is 18.6. The lowest BCUT2D eigenvalue weighted by molar-refractivity contribution is 0.102. The molecule has 0 saturated carbocycles. The number of anilines is 1. The van der Waals surface area contributed by atoms with E-state index in [4.69, 9.17) is 11.6 Å². The van der Waals surface area contributed by atoms with Crippen molar-refractivity contribution in [3.63, 3.8) is 0 Å². The van der Waals surface area contributed by atoms with Crippen molar-refractivity contribution in [2.75, 3.05) is 11.9 Å². The van der Waals surface area contributed by atoms with E-state index in [-0.39, 0.29) is 22.0 Å². The van der Waals surface area contributed by atoms with E-state index in [1.54, 1.807) is 6.07 Å². The molecule has 2 rings (SSSR count). The zero-order valence-corrected chi connectivity index (χ0v) is 15.5. The number of rotatable bonds is 6. The van der Waals surface area contributed by atoms with Crippen LogP contribution in [-0.2, 0) is 10.0 Å². The van der Waals surface area contributed by atoms with E-state index in [1.165, 1.54) is 24.3 Å². The van der Waals surface area contributed by atoms with Crippen LogP contribution in [0.5, 0.6) is 0 Å². The number of carbonyl (C=O) groups excluding carboxylic acids is 1. The van der Waals surface area contributed by atoms with E-state index >= 15 is 0 Å². The highest BCUT2D eigenvalue weighted by atomic mass is 35.5. The largest absolute Gasteiger partial charge is 0.322 e. The van der Waals surface area contributed by atoms with Crippen LogP contribution in [-0.4, -0.2) is 20.9 Å². The Balaban J connectivity index is 2.30. The predicted octanol–water partition coefficient (Wildman–Crippen LogP) is 3.67. The number of halogens is 1. The molecule has 0 aliphatic carbocycles. The molecule has 2 N–H and O–H groups in total. The second kappa shape index (κ2) is 7.82. The number of amides is 1. The van der Waals surface area contributed by atoms with E-state index in [0.29, 0.717) is 5.69 Å². The highest BCUT2D eigenvalue weighted by Crippen LogP contribution is 2.23. The van der Waals surface area contributed by atoms with Crippen LogP contribution in [0.1, 0.15) is 21.5 Å². The van der Waals surface area contributed by atoms with Crippen molar-refractivity contribution in [1.29, 1.82) is 0 Å². The summed E-state index contributed by atoms with van der Waals surface area (Å²) < 4.78 is 26.8. The van der Waals surface area contributed by atoms with Gasteiger partial charge >= 0.3 is 0 Å². The highest BCUT2D eigenvalue weighted by Gasteiger charge is 2.19. The number of aryl methyl sites for hydroxylation is 2. The summed E-state index contributed by atoms with van der Waals surface area (Å²) >= 11 is 5.99. The van der Waals surface area contributed by atoms with Crippen LogP contribution in [0.15, 0.2) is 53.9 Å². The summed E-state index contributed by atoms with van der Waals surface area (Å²) in [5.41, 5.74) is 3.00. The van der Waals surface area contributed by atoms with Crippen molar-refractivity contribution in [2.45, 2.75) is 18.7 Å². The van der Waals surface area contributed by atoms with Crippen LogP contribution in [0, 0.1) is 13.8 Å². The minimum absolute atomic E-state index is 0.0410. The van der Waals surface area contributed by atoms with Gasteiger partial charge in [0.25, 0.3) is 5.91 Å². The fraction of sp³-hybridized carbons (Fsp3) is 0.167. The van der Waals surface area contributed by atoms with Gasteiger partial charge < -0.3 is 5.32 Å². The quantitative estimate of drug-likeness (QED) is 0.753. The van der Waals surface area contributed by atoms with Gasteiger partial charge in [0.1, 0.15) is 4.90 Å². The van der Waals surface area contributed by atoms with E-state index in [2.05, 4.69) is 16.6 Å². The summed E-state index contributed by atoms with van der Waals surface area (Å²) in [4.78, 5) is 12.3. The maximum atomic E-state index is 12.4. The first kappa shape index (κ1) is 19.2. The van der Waals surface area contributed by atoms with Gasteiger partial charge in [-0.15, -0.1) is 6.58 Å². The fourth-order valence-electron chi connectivity index (χ4n) is 2.12. The van der Waals surface area contributed by atoms with Crippen molar-refractivity contribution in [3.8, 4) is 0 Å². The molecule has 7 heteroatoms. The van der Waals surface area contributed by atoms with Gasteiger partial charge in [0.15, 0.2) is 0 Å². The molecule has 5 nitrogen and oxygen atoms in total. The number of benzene rings is 2. The van der Waals surface area contributed by atoms with Gasteiger partial charge in [-0.3, -0.25) is 4.79 Å². The molecule has 2 aromatic rings. The smallest absolute Gasteiger partial charge is 0.255 e.